The Kier molecular flexibility index (Phi) is 7.07. The average Bonchev–Trinajstić information content (AvgIpc) is 3.03. The molecule has 2 aromatic carbocycles. The third kappa shape index (κ3) is 4.94. The summed E-state index contributed by atoms with van der Waals surface area (Å²) in [7, 11) is 1.53. The number of hydrogen-bond donors (Lipinski definition) is 2. The zero-order chi connectivity index (χ0) is 22.4. The van der Waals surface area contributed by atoms with Gasteiger partial charge in [0.2, 0.25) is 0 Å². The highest BCUT2D eigenvalue weighted by atomic mass is 16.5. The molecule has 1 amide bonds. The number of aliphatic hydroxyl groups excluding tert-OH is 1. The summed E-state index contributed by atoms with van der Waals surface area (Å²) in [5, 5.41) is 19.7. The quantitative estimate of drug-likeness (QED) is 0.275. The number of carboxylic acids is 1. The largest absolute Gasteiger partial charge is 0.507 e. The van der Waals surface area contributed by atoms with Gasteiger partial charge in [-0.1, -0.05) is 48.9 Å². The lowest BCUT2D eigenvalue weighted by atomic mass is 9.95. The highest BCUT2D eigenvalue weighted by Crippen LogP contribution is 2.40. The van der Waals surface area contributed by atoms with Gasteiger partial charge in [-0.15, -0.1) is 0 Å². The number of nitrogens with zero attached hydrogens (tertiary/aromatic N) is 1. The van der Waals surface area contributed by atoms with Crippen molar-refractivity contribution in [2.45, 2.75) is 31.7 Å². The highest BCUT2D eigenvalue weighted by molar-refractivity contribution is 6.46. The Morgan fingerprint density at radius 2 is 1.74 bits per heavy atom. The number of Topliss-reactive ketones (excluding diaryl/α,β-unsaturated/α-hetero) is 1. The molecule has 0 aliphatic carbocycles. The zero-order valence-corrected chi connectivity index (χ0v) is 17.3. The first-order chi connectivity index (χ1) is 14.9. The van der Waals surface area contributed by atoms with Gasteiger partial charge < -0.3 is 19.8 Å². The van der Waals surface area contributed by atoms with Crippen LogP contribution >= 0.6 is 0 Å². The molecule has 31 heavy (non-hydrogen) atoms. The van der Waals surface area contributed by atoms with Crippen molar-refractivity contribution in [3.05, 3.63) is 71.3 Å². The van der Waals surface area contributed by atoms with Crippen LogP contribution in [0, 0.1) is 0 Å². The Labute approximate surface area is 180 Å². The van der Waals surface area contributed by atoms with E-state index in [1.807, 2.05) is 0 Å². The van der Waals surface area contributed by atoms with Crippen LogP contribution in [0.5, 0.6) is 5.75 Å². The molecule has 1 fully saturated rings. The topological polar surface area (TPSA) is 104 Å². The molecule has 1 aliphatic heterocycles. The molecule has 1 saturated heterocycles. The number of benzene rings is 2. The van der Waals surface area contributed by atoms with Gasteiger partial charge in [-0.25, -0.2) is 0 Å². The van der Waals surface area contributed by atoms with Crippen molar-refractivity contribution in [2.24, 2.45) is 0 Å². The lowest BCUT2D eigenvalue weighted by Crippen LogP contribution is -2.30. The van der Waals surface area contributed by atoms with Crippen molar-refractivity contribution in [3.8, 4) is 5.75 Å². The van der Waals surface area contributed by atoms with Gasteiger partial charge >= 0.3 is 5.97 Å². The van der Waals surface area contributed by atoms with E-state index in [2.05, 4.69) is 0 Å². The molecule has 0 bridgehead atoms. The Balaban J connectivity index is 1.98. The number of likely N-dealkylation sites (tertiary alicyclic amines) is 1. The van der Waals surface area contributed by atoms with Crippen molar-refractivity contribution in [3.63, 3.8) is 0 Å². The standard InChI is InChI=1S/C24H25NO6/c1-31-18-12-8-11-17(15-18)21-20(22(28)16-9-4-2-5-10-16)23(29)24(30)25(21)14-7-3-6-13-19(26)27/h2,4-5,8-12,15,21,28H,3,6-7,13-14H2,1H3,(H,26,27)/t21-/m0/s1. The van der Waals surface area contributed by atoms with Crippen molar-refractivity contribution in [2.75, 3.05) is 13.7 Å². The minimum absolute atomic E-state index is 0.0370. The van der Waals surface area contributed by atoms with E-state index in [1.165, 1.54) is 12.0 Å². The van der Waals surface area contributed by atoms with E-state index < -0.39 is 23.7 Å². The molecule has 0 radical (unpaired) electrons. The van der Waals surface area contributed by atoms with E-state index in [1.54, 1.807) is 54.6 Å². The number of hydrogen-bond acceptors (Lipinski definition) is 5. The summed E-state index contributed by atoms with van der Waals surface area (Å²) in [6, 6.07) is 14.9. The molecule has 0 spiro atoms. The van der Waals surface area contributed by atoms with Gasteiger partial charge in [0.1, 0.15) is 11.5 Å². The Hall–Kier alpha value is -3.61. The lowest BCUT2D eigenvalue weighted by molar-refractivity contribution is -0.140. The number of carboxylic acid groups (broad SMARTS) is 1. The molecule has 162 valence electrons. The predicted molar refractivity (Wildman–Crippen MR) is 115 cm³/mol. The minimum Gasteiger partial charge on any atom is -0.507 e. The summed E-state index contributed by atoms with van der Waals surface area (Å²) < 4.78 is 5.30. The van der Waals surface area contributed by atoms with Crippen LogP contribution in [0.25, 0.3) is 5.76 Å². The van der Waals surface area contributed by atoms with Gasteiger partial charge in [0.15, 0.2) is 0 Å². The summed E-state index contributed by atoms with van der Waals surface area (Å²) in [5.41, 5.74) is 1.14. The summed E-state index contributed by atoms with van der Waals surface area (Å²) >= 11 is 0. The molecule has 1 atom stereocenters. The SMILES string of the molecule is COc1cccc([C@H]2C(=C(O)c3ccccc3)C(=O)C(=O)N2CCCCCC(=O)O)c1. The van der Waals surface area contributed by atoms with E-state index >= 15 is 0 Å². The number of aliphatic carboxylic acids is 1. The first-order valence-corrected chi connectivity index (χ1v) is 10.1. The third-order valence-electron chi connectivity index (χ3n) is 5.29. The first-order valence-electron chi connectivity index (χ1n) is 10.1. The van der Waals surface area contributed by atoms with Gasteiger partial charge in [-0.2, -0.15) is 0 Å². The fourth-order valence-corrected chi connectivity index (χ4v) is 3.76. The molecule has 0 unspecified atom stereocenters. The van der Waals surface area contributed by atoms with Gasteiger partial charge in [-0.05, 0) is 30.5 Å². The average molecular weight is 423 g/mol. The third-order valence-corrected chi connectivity index (χ3v) is 5.29. The molecule has 3 rings (SSSR count). The molecular formula is C24H25NO6. The number of methoxy groups -OCH3 is 1. The van der Waals surface area contributed by atoms with Gasteiger partial charge in [0.25, 0.3) is 11.7 Å². The fourth-order valence-electron chi connectivity index (χ4n) is 3.76. The van der Waals surface area contributed by atoms with Crippen molar-refractivity contribution in [1.82, 2.24) is 4.90 Å². The Morgan fingerprint density at radius 1 is 1.00 bits per heavy atom. The summed E-state index contributed by atoms with van der Waals surface area (Å²) in [6.07, 6.45) is 1.71. The molecule has 1 heterocycles. The zero-order valence-electron chi connectivity index (χ0n) is 17.3. The van der Waals surface area contributed by atoms with Crippen molar-refractivity contribution < 1.29 is 29.3 Å². The Bertz CT molecular complexity index is 998. The Morgan fingerprint density at radius 3 is 2.42 bits per heavy atom. The van der Waals surface area contributed by atoms with E-state index in [9.17, 15) is 19.5 Å². The van der Waals surface area contributed by atoms with E-state index in [0.29, 0.717) is 36.1 Å². The second-order valence-electron chi connectivity index (χ2n) is 7.34. The minimum atomic E-state index is -0.861. The maximum Gasteiger partial charge on any atom is 0.303 e. The predicted octanol–water partition coefficient (Wildman–Crippen LogP) is 3.76. The number of aliphatic hydroxyl groups is 1. The highest BCUT2D eigenvalue weighted by Gasteiger charge is 2.45. The van der Waals surface area contributed by atoms with Gasteiger partial charge in [0.05, 0.1) is 18.7 Å². The number of carbonyl (C=O) groups is 3. The van der Waals surface area contributed by atoms with Gasteiger partial charge in [-0.3, -0.25) is 14.4 Å². The molecule has 0 saturated carbocycles. The maximum absolute atomic E-state index is 12.9. The van der Waals surface area contributed by atoms with Crippen LogP contribution < -0.4 is 4.74 Å². The smallest absolute Gasteiger partial charge is 0.303 e. The van der Waals surface area contributed by atoms with Crippen LogP contribution in [0.4, 0.5) is 0 Å². The van der Waals surface area contributed by atoms with Crippen LogP contribution in [0.1, 0.15) is 42.9 Å². The number of amides is 1. The molecule has 2 N–H and O–H groups in total. The summed E-state index contributed by atoms with van der Waals surface area (Å²) in [5.74, 6) is -1.92. The van der Waals surface area contributed by atoms with Crippen LogP contribution in [-0.4, -0.2) is 46.4 Å². The fraction of sp³-hybridized carbons (Fsp3) is 0.292. The summed E-state index contributed by atoms with van der Waals surface area (Å²) in [6.45, 7) is 0.275. The molecule has 0 aromatic heterocycles. The van der Waals surface area contributed by atoms with E-state index in [0.717, 1.165) is 0 Å². The molecule has 7 heteroatoms. The first kappa shape index (κ1) is 22.1. The number of carbonyl (C=O) groups excluding carboxylic acids is 2. The second-order valence-corrected chi connectivity index (χ2v) is 7.34. The van der Waals surface area contributed by atoms with Crippen molar-refractivity contribution >= 4 is 23.4 Å². The molecule has 2 aromatic rings. The lowest BCUT2D eigenvalue weighted by Gasteiger charge is -2.25. The van der Waals surface area contributed by atoms with Crippen LogP contribution in [0.3, 0.4) is 0 Å². The number of unbranched alkanes of at least 4 members (excludes halogenated alkanes) is 2. The second kappa shape index (κ2) is 9.93. The molecule has 7 nitrogen and oxygen atoms in total. The molecule has 1 aliphatic rings. The molecular weight excluding hydrogens is 398 g/mol. The van der Waals surface area contributed by atoms with E-state index in [-0.39, 0.29) is 24.3 Å². The van der Waals surface area contributed by atoms with Crippen LogP contribution in [0.15, 0.2) is 60.2 Å². The number of rotatable bonds is 9. The van der Waals surface area contributed by atoms with Crippen LogP contribution in [-0.2, 0) is 14.4 Å². The normalized spacial score (nSPS) is 17.7. The van der Waals surface area contributed by atoms with Crippen molar-refractivity contribution in [1.29, 1.82) is 0 Å². The number of ketones is 1. The maximum atomic E-state index is 12.9. The van der Waals surface area contributed by atoms with Crippen LogP contribution in [0.2, 0.25) is 0 Å². The number of ether oxygens (including phenoxy) is 1. The monoisotopic (exact) mass is 423 g/mol. The van der Waals surface area contributed by atoms with Gasteiger partial charge in [0, 0.05) is 18.5 Å². The summed E-state index contributed by atoms with van der Waals surface area (Å²) in [4.78, 5) is 38.0. The van der Waals surface area contributed by atoms with E-state index in [4.69, 9.17) is 9.84 Å².